The fraction of sp³-hybridized carbons (Fsp3) is 0.462. The molecular formula is C13H15F3N2O. The van der Waals surface area contributed by atoms with Gasteiger partial charge in [-0.1, -0.05) is 6.07 Å². The molecule has 0 saturated heterocycles. The number of hydrogen-bond acceptors (Lipinski definition) is 2. The Morgan fingerprint density at radius 2 is 1.95 bits per heavy atom. The number of hydrogen-bond donors (Lipinski definition) is 2. The Labute approximate surface area is 109 Å². The molecule has 0 atom stereocenters. The summed E-state index contributed by atoms with van der Waals surface area (Å²) in [4.78, 5) is 11.2. The molecular weight excluding hydrogens is 257 g/mol. The minimum absolute atomic E-state index is 0.158. The van der Waals surface area contributed by atoms with Gasteiger partial charge in [0.1, 0.15) is 6.54 Å². The molecule has 0 spiro atoms. The fourth-order valence-electron chi connectivity index (χ4n) is 2.13. The summed E-state index contributed by atoms with van der Waals surface area (Å²) in [5.74, 6) is -0.669. The highest BCUT2D eigenvalue weighted by molar-refractivity contribution is 5.80. The molecule has 0 aromatic heterocycles. The van der Waals surface area contributed by atoms with E-state index in [9.17, 15) is 18.0 Å². The van der Waals surface area contributed by atoms with E-state index in [1.807, 2.05) is 23.5 Å². The standard InChI is InChI=1S/C13H15F3N2O/c14-13(15,16)8-18-12(19)7-17-11-5-4-9-2-1-3-10(9)6-11/h4-6,17H,1-3,7-8H2,(H,18,19). The summed E-state index contributed by atoms with van der Waals surface area (Å²) in [5.41, 5.74) is 3.33. The zero-order valence-corrected chi connectivity index (χ0v) is 10.3. The van der Waals surface area contributed by atoms with Gasteiger partial charge in [0, 0.05) is 5.69 Å². The van der Waals surface area contributed by atoms with Crippen molar-refractivity contribution in [3.63, 3.8) is 0 Å². The summed E-state index contributed by atoms with van der Waals surface area (Å²) < 4.78 is 35.7. The summed E-state index contributed by atoms with van der Waals surface area (Å²) in [6, 6.07) is 5.80. The first kappa shape index (κ1) is 13.7. The predicted molar refractivity (Wildman–Crippen MR) is 66.0 cm³/mol. The lowest BCUT2D eigenvalue weighted by molar-refractivity contribution is -0.137. The van der Waals surface area contributed by atoms with Crippen molar-refractivity contribution in [2.24, 2.45) is 0 Å². The number of carbonyl (C=O) groups is 1. The Hall–Kier alpha value is -1.72. The van der Waals surface area contributed by atoms with E-state index in [0.717, 1.165) is 24.9 Å². The van der Waals surface area contributed by atoms with E-state index in [-0.39, 0.29) is 6.54 Å². The topological polar surface area (TPSA) is 41.1 Å². The van der Waals surface area contributed by atoms with Crippen LogP contribution in [0.3, 0.4) is 0 Å². The van der Waals surface area contributed by atoms with Gasteiger partial charge in [-0.15, -0.1) is 0 Å². The van der Waals surface area contributed by atoms with Gasteiger partial charge in [-0.25, -0.2) is 0 Å². The van der Waals surface area contributed by atoms with Crippen molar-refractivity contribution in [2.75, 3.05) is 18.4 Å². The smallest absolute Gasteiger partial charge is 0.376 e. The van der Waals surface area contributed by atoms with Gasteiger partial charge in [0.15, 0.2) is 0 Å². The highest BCUT2D eigenvalue weighted by Crippen LogP contribution is 2.24. The molecule has 2 rings (SSSR count). The van der Waals surface area contributed by atoms with Crippen molar-refractivity contribution in [3.05, 3.63) is 29.3 Å². The molecule has 6 heteroatoms. The van der Waals surface area contributed by atoms with Crippen LogP contribution in [0.2, 0.25) is 0 Å². The van der Waals surface area contributed by atoms with Gasteiger partial charge in [-0.3, -0.25) is 4.79 Å². The molecule has 1 aromatic carbocycles. The summed E-state index contributed by atoms with van der Waals surface area (Å²) >= 11 is 0. The normalized spacial score (nSPS) is 14.1. The SMILES string of the molecule is O=C(CNc1ccc2c(c1)CCC2)NCC(F)(F)F. The van der Waals surface area contributed by atoms with Gasteiger partial charge in [-0.2, -0.15) is 13.2 Å². The summed E-state index contributed by atoms with van der Waals surface area (Å²) in [6.07, 6.45) is -1.15. The molecule has 0 aliphatic heterocycles. The third kappa shape index (κ3) is 4.15. The summed E-state index contributed by atoms with van der Waals surface area (Å²) in [5, 5.41) is 4.65. The van der Waals surface area contributed by atoms with Gasteiger partial charge < -0.3 is 10.6 Å². The maximum absolute atomic E-state index is 11.9. The Kier molecular flexibility index (Phi) is 3.97. The Morgan fingerprint density at radius 1 is 1.21 bits per heavy atom. The van der Waals surface area contributed by atoms with Crippen molar-refractivity contribution in [1.29, 1.82) is 0 Å². The molecule has 19 heavy (non-hydrogen) atoms. The third-order valence-corrected chi connectivity index (χ3v) is 3.04. The molecule has 0 unspecified atom stereocenters. The molecule has 104 valence electrons. The van der Waals surface area contributed by atoms with Crippen molar-refractivity contribution in [2.45, 2.75) is 25.4 Å². The first-order valence-corrected chi connectivity index (χ1v) is 6.13. The highest BCUT2D eigenvalue weighted by atomic mass is 19.4. The number of benzene rings is 1. The van der Waals surface area contributed by atoms with E-state index >= 15 is 0 Å². The quantitative estimate of drug-likeness (QED) is 0.882. The lowest BCUT2D eigenvalue weighted by Gasteiger charge is -2.10. The van der Waals surface area contributed by atoms with E-state index < -0.39 is 18.6 Å². The van der Waals surface area contributed by atoms with Gasteiger partial charge in [-0.05, 0) is 42.5 Å². The lowest BCUT2D eigenvalue weighted by atomic mass is 10.1. The van der Waals surface area contributed by atoms with Crippen LogP contribution >= 0.6 is 0 Å². The van der Waals surface area contributed by atoms with Crippen molar-refractivity contribution in [3.8, 4) is 0 Å². The van der Waals surface area contributed by atoms with Crippen LogP contribution < -0.4 is 10.6 Å². The van der Waals surface area contributed by atoms with Gasteiger partial charge in [0.2, 0.25) is 5.91 Å². The van der Waals surface area contributed by atoms with E-state index in [1.54, 1.807) is 0 Å². The average molecular weight is 272 g/mol. The molecule has 0 bridgehead atoms. The summed E-state index contributed by atoms with van der Waals surface area (Å²) in [7, 11) is 0. The second-order valence-electron chi connectivity index (χ2n) is 4.58. The maximum atomic E-state index is 11.9. The van der Waals surface area contributed by atoms with E-state index in [1.165, 1.54) is 11.1 Å². The number of amides is 1. The molecule has 1 aromatic rings. The van der Waals surface area contributed by atoms with Crippen LogP contribution in [0.1, 0.15) is 17.5 Å². The number of carbonyl (C=O) groups excluding carboxylic acids is 1. The van der Waals surface area contributed by atoms with Crippen LogP contribution in [0.4, 0.5) is 18.9 Å². The molecule has 1 aliphatic carbocycles. The Bertz CT molecular complexity index is 471. The minimum atomic E-state index is -4.37. The van der Waals surface area contributed by atoms with Crippen molar-refractivity contribution >= 4 is 11.6 Å². The fourth-order valence-corrected chi connectivity index (χ4v) is 2.13. The zero-order chi connectivity index (χ0) is 13.9. The lowest BCUT2D eigenvalue weighted by Crippen LogP contribution is -2.37. The molecule has 1 amide bonds. The molecule has 2 N–H and O–H groups in total. The van der Waals surface area contributed by atoms with Crippen molar-refractivity contribution < 1.29 is 18.0 Å². The van der Waals surface area contributed by atoms with Crippen LogP contribution in [0.25, 0.3) is 0 Å². The van der Waals surface area contributed by atoms with E-state index in [0.29, 0.717) is 0 Å². The first-order valence-electron chi connectivity index (χ1n) is 6.13. The van der Waals surface area contributed by atoms with Crippen LogP contribution in [0.15, 0.2) is 18.2 Å². The molecule has 0 saturated carbocycles. The molecule has 0 fully saturated rings. The number of halogens is 3. The zero-order valence-electron chi connectivity index (χ0n) is 10.3. The third-order valence-electron chi connectivity index (χ3n) is 3.04. The predicted octanol–water partition coefficient (Wildman–Crippen LogP) is 2.27. The molecule has 1 aliphatic rings. The van der Waals surface area contributed by atoms with Crippen LogP contribution in [0, 0.1) is 0 Å². The average Bonchev–Trinajstić information content (AvgIpc) is 2.80. The van der Waals surface area contributed by atoms with Crippen LogP contribution in [-0.4, -0.2) is 25.2 Å². The first-order chi connectivity index (χ1) is 8.94. The number of aryl methyl sites for hydroxylation is 2. The van der Waals surface area contributed by atoms with Gasteiger partial charge in [0.05, 0.1) is 6.54 Å². The minimum Gasteiger partial charge on any atom is -0.376 e. The van der Waals surface area contributed by atoms with Crippen molar-refractivity contribution in [1.82, 2.24) is 5.32 Å². The monoisotopic (exact) mass is 272 g/mol. The second kappa shape index (κ2) is 5.50. The van der Waals surface area contributed by atoms with E-state index in [2.05, 4.69) is 5.32 Å². The van der Waals surface area contributed by atoms with Crippen LogP contribution in [-0.2, 0) is 17.6 Å². The second-order valence-corrected chi connectivity index (χ2v) is 4.58. The van der Waals surface area contributed by atoms with Crippen LogP contribution in [0.5, 0.6) is 0 Å². The van der Waals surface area contributed by atoms with E-state index in [4.69, 9.17) is 0 Å². The molecule has 0 radical (unpaired) electrons. The highest BCUT2D eigenvalue weighted by Gasteiger charge is 2.27. The number of rotatable bonds is 4. The van der Waals surface area contributed by atoms with Gasteiger partial charge in [0.25, 0.3) is 0 Å². The Morgan fingerprint density at radius 3 is 2.68 bits per heavy atom. The number of alkyl halides is 3. The largest absolute Gasteiger partial charge is 0.405 e. The number of fused-ring (bicyclic) bond motifs is 1. The Balaban J connectivity index is 1.81. The number of anilines is 1. The number of nitrogens with one attached hydrogen (secondary N) is 2. The maximum Gasteiger partial charge on any atom is 0.405 e. The molecule has 0 heterocycles. The van der Waals surface area contributed by atoms with Gasteiger partial charge >= 0.3 is 6.18 Å². The molecule has 3 nitrogen and oxygen atoms in total. The summed E-state index contributed by atoms with van der Waals surface area (Å²) in [6.45, 7) is -1.45.